The number of hydrogen-bond acceptors (Lipinski definition) is 3. The molecule has 2 aromatic carbocycles. The van der Waals surface area contributed by atoms with Gasteiger partial charge in [0, 0.05) is 37.0 Å². The van der Waals surface area contributed by atoms with Crippen LogP contribution in [0.15, 0.2) is 42.5 Å². The van der Waals surface area contributed by atoms with Crippen molar-refractivity contribution in [1.29, 1.82) is 0 Å². The minimum absolute atomic E-state index is 0.180. The van der Waals surface area contributed by atoms with Crippen LogP contribution in [0.5, 0.6) is 5.75 Å². The maximum absolute atomic E-state index is 10.8. The number of rotatable bonds is 3. The second kappa shape index (κ2) is 5.39. The number of ether oxygens (including phenoxy) is 1. The highest BCUT2D eigenvalue weighted by molar-refractivity contribution is 5.92. The predicted molar refractivity (Wildman–Crippen MR) is 89.7 cm³/mol. The van der Waals surface area contributed by atoms with Gasteiger partial charge in [0.15, 0.2) is 0 Å². The maximum Gasteiger partial charge on any atom is 0.304 e. The minimum Gasteiger partial charge on any atom is -0.481 e. The van der Waals surface area contributed by atoms with Crippen LogP contribution >= 0.6 is 0 Å². The van der Waals surface area contributed by atoms with Crippen molar-refractivity contribution in [2.24, 2.45) is 0 Å². The van der Waals surface area contributed by atoms with Crippen molar-refractivity contribution in [1.82, 2.24) is 4.90 Å². The molecule has 1 atom stereocenters. The van der Waals surface area contributed by atoms with Gasteiger partial charge in [-0.15, -0.1) is 0 Å². The van der Waals surface area contributed by atoms with Gasteiger partial charge < -0.3 is 9.84 Å². The molecular weight excluding hydrogens is 290 g/mol. The fourth-order valence-electron chi connectivity index (χ4n) is 3.53. The summed E-state index contributed by atoms with van der Waals surface area (Å²) in [5.74, 6) is 0.202. The number of nitrogens with zero attached hydrogens (tertiary/aromatic N) is 1. The molecule has 2 heterocycles. The van der Waals surface area contributed by atoms with Gasteiger partial charge in [-0.3, -0.25) is 9.69 Å². The molecule has 1 N–H and O–H groups in total. The fourth-order valence-corrected chi connectivity index (χ4v) is 3.53. The summed E-state index contributed by atoms with van der Waals surface area (Å²) in [6, 6.07) is 12.5. The highest BCUT2D eigenvalue weighted by Crippen LogP contribution is 2.40. The van der Waals surface area contributed by atoms with Crippen LogP contribution in [0.25, 0.3) is 16.8 Å². The number of likely N-dealkylation sites (tertiary alicyclic amines) is 1. The lowest BCUT2D eigenvalue weighted by atomic mass is 9.95. The largest absolute Gasteiger partial charge is 0.481 e. The van der Waals surface area contributed by atoms with Crippen LogP contribution in [-0.4, -0.2) is 41.2 Å². The Kier molecular flexibility index (Phi) is 3.34. The number of fused-ring (bicyclic) bond motifs is 3. The van der Waals surface area contributed by atoms with E-state index in [4.69, 9.17) is 9.84 Å². The molecule has 1 saturated heterocycles. The Morgan fingerprint density at radius 2 is 2.13 bits per heavy atom. The van der Waals surface area contributed by atoms with Gasteiger partial charge in [-0.05, 0) is 11.5 Å². The molecule has 2 aliphatic heterocycles. The van der Waals surface area contributed by atoms with Crippen LogP contribution in [0.1, 0.15) is 18.4 Å². The summed E-state index contributed by atoms with van der Waals surface area (Å²) in [5, 5.41) is 11.2. The molecule has 4 heteroatoms. The van der Waals surface area contributed by atoms with Crippen LogP contribution in [0, 0.1) is 0 Å². The Morgan fingerprint density at radius 3 is 3.00 bits per heavy atom. The lowest BCUT2D eigenvalue weighted by molar-refractivity contribution is -0.137. The Morgan fingerprint density at radius 1 is 1.26 bits per heavy atom. The first-order valence-corrected chi connectivity index (χ1v) is 7.99. The Hall–Kier alpha value is -2.33. The third-order valence-electron chi connectivity index (χ3n) is 4.77. The zero-order valence-corrected chi connectivity index (χ0v) is 12.9. The molecule has 1 fully saturated rings. The van der Waals surface area contributed by atoms with Crippen molar-refractivity contribution < 1.29 is 14.6 Å². The summed E-state index contributed by atoms with van der Waals surface area (Å²) in [6.07, 6.45) is 5.36. The molecule has 0 bridgehead atoms. The SMILES string of the molecule is O=C(O)CCN1CCC2(C=Cc3ccc4ccccc4c3O2)C1. The van der Waals surface area contributed by atoms with Crippen LogP contribution in [-0.2, 0) is 4.79 Å². The topological polar surface area (TPSA) is 49.8 Å². The van der Waals surface area contributed by atoms with E-state index in [9.17, 15) is 4.79 Å². The molecule has 4 nitrogen and oxygen atoms in total. The highest BCUT2D eigenvalue weighted by Gasteiger charge is 2.40. The zero-order chi connectivity index (χ0) is 15.9. The normalized spacial score (nSPS) is 23.1. The van der Waals surface area contributed by atoms with Gasteiger partial charge in [-0.1, -0.05) is 42.5 Å². The summed E-state index contributed by atoms with van der Waals surface area (Å²) in [5.41, 5.74) is 0.786. The van der Waals surface area contributed by atoms with Gasteiger partial charge in [-0.25, -0.2) is 0 Å². The molecule has 1 unspecified atom stereocenters. The second-order valence-corrected chi connectivity index (χ2v) is 6.38. The number of carbonyl (C=O) groups is 1. The van der Waals surface area contributed by atoms with E-state index in [1.807, 2.05) is 12.1 Å². The third kappa shape index (κ3) is 2.59. The van der Waals surface area contributed by atoms with Crippen LogP contribution in [0.4, 0.5) is 0 Å². The number of carboxylic acids is 1. The second-order valence-electron chi connectivity index (χ2n) is 6.38. The predicted octanol–water partition coefficient (Wildman–Crippen LogP) is 3.16. The van der Waals surface area contributed by atoms with Crippen LogP contribution in [0.2, 0.25) is 0 Å². The molecule has 118 valence electrons. The molecule has 0 saturated carbocycles. The van der Waals surface area contributed by atoms with Gasteiger partial charge in [0.1, 0.15) is 11.4 Å². The van der Waals surface area contributed by atoms with Crippen LogP contribution < -0.4 is 4.74 Å². The van der Waals surface area contributed by atoms with Gasteiger partial charge in [0.25, 0.3) is 0 Å². The molecule has 0 aromatic heterocycles. The van der Waals surface area contributed by atoms with E-state index in [2.05, 4.69) is 41.3 Å². The van der Waals surface area contributed by atoms with E-state index in [0.717, 1.165) is 36.2 Å². The van der Waals surface area contributed by atoms with E-state index in [-0.39, 0.29) is 12.0 Å². The smallest absolute Gasteiger partial charge is 0.304 e. The monoisotopic (exact) mass is 309 g/mol. The van der Waals surface area contributed by atoms with E-state index in [1.54, 1.807) is 0 Å². The first-order valence-electron chi connectivity index (χ1n) is 7.99. The molecule has 1 spiro atoms. The van der Waals surface area contributed by atoms with Crippen molar-refractivity contribution in [2.45, 2.75) is 18.4 Å². The van der Waals surface area contributed by atoms with E-state index < -0.39 is 5.97 Å². The molecule has 0 aliphatic carbocycles. The Bertz CT molecular complexity index is 798. The highest BCUT2D eigenvalue weighted by atomic mass is 16.5. The molecule has 0 radical (unpaired) electrons. The van der Waals surface area contributed by atoms with E-state index in [1.165, 1.54) is 5.39 Å². The number of aliphatic carboxylic acids is 1. The standard InChI is InChI=1S/C19H19NO3/c21-17(22)8-11-20-12-10-19(13-20)9-7-15-6-5-14-3-1-2-4-16(14)18(15)23-19/h1-7,9H,8,10-13H2,(H,21,22). The molecule has 4 rings (SSSR count). The Balaban J connectivity index is 1.61. The van der Waals surface area contributed by atoms with Gasteiger partial charge >= 0.3 is 5.97 Å². The average Bonchev–Trinajstić information content (AvgIpc) is 2.95. The Labute approximate surface area is 135 Å². The molecule has 0 amide bonds. The lowest BCUT2D eigenvalue weighted by Crippen LogP contribution is -2.39. The van der Waals surface area contributed by atoms with Gasteiger partial charge in [0.05, 0.1) is 6.42 Å². The fraction of sp³-hybridized carbons (Fsp3) is 0.316. The summed E-state index contributed by atoms with van der Waals surface area (Å²) < 4.78 is 6.45. The summed E-state index contributed by atoms with van der Waals surface area (Å²) in [7, 11) is 0. The van der Waals surface area contributed by atoms with Crippen molar-refractivity contribution in [3.63, 3.8) is 0 Å². The van der Waals surface area contributed by atoms with Crippen LogP contribution in [0.3, 0.4) is 0 Å². The molecule has 2 aliphatic rings. The number of hydrogen-bond donors (Lipinski definition) is 1. The van der Waals surface area contributed by atoms with Crippen molar-refractivity contribution in [3.05, 3.63) is 48.0 Å². The lowest BCUT2D eigenvalue weighted by Gasteiger charge is -2.32. The van der Waals surface area contributed by atoms with Crippen molar-refractivity contribution in [2.75, 3.05) is 19.6 Å². The quantitative estimate of drug-likeness (QED) is 0.946. The van der Waals surface area contributed by atoms with E-state index in [0.29, 0.717) is 6.54 Å². The van der Waals surface area contributed by atoms with Crippen molar-refractivity contribution in [3.8, 4) is 5.75 Å². The molecule has 23 heavy (non-hydrogen) atoms. The van der Waals surface area contributed by atoms with Crippen molar-refractivity contribution >= 4 is 22.8 Å². The average molecular weight is 309 g/mol. The first-order chi connectivity index (χ1) is 11.2. The van der Waals surface area contributed by atoms with Gasteiger partial charge in [0.2, 0.25) is 0 Å². The maximum atomic E-state index is 10.8. The molecule has 2 aromatic rings. The summed E-state index contributed by atoms with van der Waals surface area (Å²) in [4.78, 5) is 12.9. The third-order valence-corrected chi connectivity index (χ3v) is 4.77. The molecular formula is C19H19NO3. The summed E-state index contributed by atoms with van der Waals surface area (Å²) >= 11 is 0. The zero-order valence-electron chi connectivity index (χ0n) is 12.9. The van der Waals surface area contributed by atoms with Gasteiger partial charge in [-0.2, -0.15) is 0 Å². The number of carboxylic acid groups (broad SMARTS) is 1. The number of benzene rings is 2. The van der Waals surface area contributed by atoms with E-state index >= 15 is 0 Å². The summed E-state index contributed by atoms with van der Waals surface area (Å²) in [6.45, 7) is 2.20. The minimum atomic E-state index is -0.748. The first kappa shape index (κ1) is 14.3.